The summed E-state index contributed by atoms with van der Waals surface area (Å²) in [4.78, 5) is 36.1. The smallest absolute Gasteiger partial charge is 0.262 e. The fourth-order valence-corrected chi connectivity index (χ4v) is 5.60. The lowest BCUT2D eigenvalue weighted by Gasteiger charge is -2.18. The lowest BCUT2D eigenvalue weighted by atomic mass is 10.3. The third-order valence-electron chi connectivity index (χ3n) is 4.13. The van der Waals surface area contributed by atoms with E-state index in [1.54, 1.807) is 35.9 Å². The zero-order valence-electron chi connectivity index (χ0n) is 15.5. The summed E-state index contributed by atoms with van der Waals surface area (Å²) < 4.78 is 1.56. The first-order valence-corrected chi connectivity index (χ1v) is 11.6. The highest BCUT2D eigenvalue weighted by molar-refractivity contribution is 7.98. The maximum atomic E-state index is 12.4. The number of carbonyl (C=O) groups is 1. The Balaban J connectivity index is 1.57. The molecule has 6 nitrogen and oxygen atoms in total. The Morgan fingerprint density at radius 1 is 1.28 bits per heavy atom. The number of hydrogen-bond acceptors (Lipinski definition) is 7. The zero-order valence-corrected chi connectivity index (χ0v) is 18.7. The van der Waals surface area contributed by atoms with E-state index in [1.165, 1.54) is 46.3 Å². The van der Waals surface area contributed by atoms with Crippen LogP contribution in [-0.4, -0.2) is 20.4 Å². The maximum absolute atomic E-state index is 12.4. The number of thiophene rings is 1. The summed E-state index contributed by atoms with van der Waals surface area (Å²) in [5, 5.41) is 6.17. The third-order valence-corrected chi connectivity index (χ3v) is 7.11. The summed E-state index contributed by atoms with van der Waals surface area (Å²) >= 11 is 10.3. The summed E-state index contributed by atoms with van der Waals surface area (Å²) in [6.07, 6.45) is 0. The lowest BCUT2D eigenvalue weighted by molar-refractivity contribution is -0.115. The number of amides is 1. The van der Waals surface area contributed by atoms with Gasteiger partial charge in [-0.2, -0.15) is 0 Å². The molecule has 0 bridgehead atoms. The van der Waals surface area contributed by atoms with Gasteiger partial charge in [0.15, 0.2) is 10.3 Å². The molecule has 0 spiro atoms. The van der Waals surface area contributed by atoms with E-state index in [0.29, 0.717) is 32.1 Å². The Hall–Kier alpha value is -2.20. The number of thiazole rings is 1. The molecule has 0 saturated carbocycles. The number of fused-ring (bicyclic) bond motifs is 1. The average Bonchev–Trinajstić information content (AvgIpc) is 3.33. The number of halogens is 1. The molecule has 0 unspecified atom stereocenters. The Morgan fingerprint density at radius 3 is 2.86 bits per heavy atom. The minimum absolute atomic E-state index is 0.0542. The predicted molar refractivity (Wildman–Crippen MR) is 121 cm³/mol. The average molecular weight is 463 g/mol. The van der Waals surface area contributed by atoms with Crippen LogP contribution in [0.5, 0.6) is 0 Å². The van der Waals surface area contributed by atoms with Gasteiger partial charge < -0.3 is 0 Å². The highest BCUT2D eigenvalue weighted by Gasteiger charge is 2.19. The van der Waals surface area contributed by atoms with E-state index in [0.717, 1.165) is 10.5 Å². The van der Waals surface area contributed by atoms with Gasteiger partial charge in [0.05, 0.1) is 16.8 Å². The molecular formula is C19H15ClN4O2S3. The minimum Gasteiger partial charge on any atom is -0.290 e. The van der Waals surface area contributed by atoms with Crippen molar-refractivity contribution >= 4 is 73.0 Å². The van der Waals surface area contributed by atoms with Crippen molar-refractivity contribution in [3.05, 3.63) is 62.2 Å². The molecule has 10 heteroatoms. The van der Waals surface area contributed by atoms with Gasteiger partial charge in [-0.25, -0.2) is 9.97 Å². The van der Waals surface area contributed by atoms with Crippen molar-refractivity contribution in [1.82, 2.24) is 14.5 Å². The topological polar surface area (TPSA) is 68.1 Å². The fourth-order valence-electron chi connectivity index (χ4n) is 2.76. The van der Waals surface area contributed by atoms with Crippen LogP contribution in [0.1, 0.15) is 12.6 Å². The van der Waals surface area contributed by atoms with Gasteiger partial charge in [-0.3, -0.25) is 19.1 Å². The van der Waals surface area contributed by atoms with E-state index in [9.17, 15) is 9.59 Å². The molecule has 4 aromatic rings. The van der Waals surface area contributed by atoms with Crippen molar-refractivity contribution in [1.29, 1.82) is 0 Å². The molecule has 1 amide bonds. The van der Waals surface area contributed by atoms with Gasteiger partial charge in [0, 0.05) is 30.1 Å². The van der Waals surface area contributed by atoms with Crippen LogP contribution in [0.15, 0.2) is 51.0 Å². The first-order chi connectivity index (χ1) is 13.9. The van der Waals surface area contributed by atoms with Gasteiger partial charge in [-0.1, -0.05) is 29.4 Å². The monoisotopic (exact) mass is 462 g/mol. The number of carbonyl (C=O) groups excluding carboxylic acids is 1. The molecule has 0 aliphatic carbocycles. The molecule has 3 heterocycles. The van der Waals surface area contributed by atoms with E-state index in [1.807, 2.05) is 16.8 Å². The first-order valence-electron chi connectivity index (χ1n) is 8.51. The van der Waals surface area contributed by atoms with Gasteiger partial charge in [-0.15, -0.1) is 22.7 Å². The second kappa shape index (κ2) is 8.27. The van der Waals surface area contributed by atoms with Crippen molar-refractivity contribution in [3.8, 4) is 0 Å². The van der Waals surface area contributed by atoms with Gasteiger partial charge >= 0.3 is 0 Å². The highest BCUT2D eigenvalue weighted by Crippen LogP contribution is 2.32. The Morgan fingerprint density at radius 2 is 2.10 bits per heavy atom. The summed E-state index contributed by atoms with van der Waals surface area (Å²) in [5.74, 6) is 0.391. The lowest BCUT2D eigenvalue weighted by Crippen LogP contribution is -2.22. The molecule has 148 valence electrons. The van der Waals surface area contributed by atoms with E-state index < -0.39 is 0 Å². The number of rotatable bonds is 5. The molecule has 1 aromatic carbocycles. The minimum atomic E-state index is -0.145. The van der Waals surface area contributed by atoms with Crippen molar-refractivity contribution in [2.24, 2.45) is 7.05 Å². The molecule has 4 rings (SSSR count). The molecule has 0 N–H and O–H groups in total. The summed E-state index contributed by atoms with van der Waals surface area (Å²) in [6, 6.07) is 8.90. The second-order valence-corrected chi connectivity index (χ2v) is 9.25. The number of thioether (sulfide) groups is 1. The number of benzene rings is 1. The van der Waals surface area contributed by atoms with E-state index in [2.05, 4.69) is 9.97 Å². The van der Waals surface area contributed by atoms with Crippen LogP contribution in [-0.2, 0) is 17.6 Å². The summed E-state index contributed by atoms with van der Waals surface area (Å²) in [5.41, 5.74) is 1.43. The van der Waals surface area contributed by atoms with Gasteiger partial charge in [0.2, 0.25) is 5.91 Å². The molecule has 3 aromatic heterocycles. The summed E-state index contributed by atoms with van der Waals surface area (Å²) in [6.45, 7) is 1.49. The predicted octanol–water partition coefficient (Wildman–Crippen LogP) is 5.08. The summed E-state index contributed by atoms with van der Waals surface area (Å²) in [7, 11) is 1.72. The molecule has 0 fully saturated rings. The largest absolute Gasteiger partial charge is 0.290 e. The number of anilines is 2. The first kappa shape index (κ1) is 20.1. The molecule has 0 atom stereocenters. The van der Waals surface area contributed by atoms with Crippen LogP contribution in [0.3, 0.4) is 0 Å². The van der Waals surface area contributed by atoms with Crippen molar-refractivity contribution < 1.29 is 4.79 Å². The standard InChI is InChI=1S/C19H15ClN4O2S3/c1-11(25)24(14-5-3-4-12(20)8-14)19-21-13(10-29-19)9-28-18-22-16-15(6-7-27-16)17(26)23(18)2/h3-8,10H,9H2,1-2H3. The Kier molecular flexibility index (Phi) is 5.73. The van der Waals surface area contributed by atoms with E-state index in [-0.39, 0.29) is 11.5 Å². The molecule has 0 aliphatic heterocycles. The van der Waals surface area contributed by atoms with Crippen LogP contribution in [0, 0.1) is 0 Å². The molecule has 0 saturated heterocycles. The van der Waals surface area contributed by atoms with Gasteiger partial charge in [-0.05, 0) is 29.6 Å². The van der Waals surface area contributed by atoms with Gasteiger partial charge in [0.25, 0.3) is 5.56 Å². The van der Waals surface area contributed by atoms with Crippen LogP contribution in [0.4, 0.5) is 10.8 Å². The third kappa shape index (κ3) is 4.09. The van der Waals surface area contributed by atoms with Gasteiger partial charge in [0.1, 0.15) is 4.83 Å². The molecule has 0 aliphatic rings. The molecule has 29 heavy (non-hydrogen) atoms. The van der Waals surface area contributed by atoms with Crippen molar-refractivity contribution in [2.45, 2.75) is 17.8 Å². The van der Waals surface area contributed by atoms with E-state index >= 15 is 0 Å². The SMILES string of the molecule is CC(=O)N(c1cccc(Cl)c1)c1nc(CSc2nc3sccc3c(=O)n2C)cs1. The van der Waals surface area contributed by atoms with E-state index in [4.69, 9.17) is 11.6 Å². The van der Waals surface area contributed by atoms with Crippen molar-refractivity contribution in [3.63, 3.8) is 0 Å². The Labute approximate surface area is 183 Å². The molecular weight excluding hydrogens is 448 g/mol. The van der Waals surface area contributed by atoms with Crippen LogP contribution < -0.4 is 10.5 Å². The number of nitrogens with zero attached hydrogens (tertiary/aromatic N) is 4. The number of hydrogen-bond donors (Lipinski definition) is 0. The Bertz CT molecular complexity index is 1260. The van der Waals surface area contributed by atoms with Crippen LogP contribution in [0.25, 0.3) is 10.2 Å². The normalized spacial score (nSPS) is 11.1. The molecule has 0 radical (unpaired) electrons. The maximum Gasteiger partial charge on any atom is 0.262 e. The zero-order chi connectivity index (χ0) is 20.5. The van der Waals surface area contributed by atoms with Crippen molar-refractivity contribution in [2.75, 3.05) is 4.90 Å². The fraction of sp³-hybridized carbons (Fsp3) is 0.158. The quantitative estimate of drug-likeness (QED) is 0.305. The second-order valence-electron chi connectivity index (χ2n) is 6.14. The number of aromatic nitrogens is 3. The van der Waals surface area contributed by atoms with Crippen LogP contribution >= 0.6 is 46.0 Å². The highest BCUT2D eigenvalue weighted by atomic mass is 35.5. The van der Waals surface area contributed by atoms with Crippen LogP contribution in [0.2, 0.25) is 5.02 Å².